The van der Waals surface area contributed by atoms with Crippen LogP contribution in [0, 0.1) is 0 Å². The molecule has 0 aromatic heterocycles. The smallest absolute Gasteiger partial charge is 0.310 e. The van der Waals surface area contributed by atoms with Gasteiger partial charge in [-0.3, -0.25) is 9.59 Å². The van der Waals surface area contributed by atoms with Crippen LogP contribution in [0.25, 0.3) is 0 Å². The van der Waals surface area contributed by atoms with Crippen LogP contribution in [-0.4, -0.2) is 11.9 Å². The molecule has 4 heteroatoms. The van der Waals surface area contributed by atoms with Crippen LogP contribution in [0.5, 0.6) is 0 Å². The van der Waals surface area contributed by atoms with Gasteiger partial charge < -0.3 is 4.74 Å². The summed E-state index contributed by atoms with van der Waals surface area (Å²) in [7, 11) is 0. The van der Waals surface area contributed by atoms with Gasteiger partial charge in [0.15, 0.2) is 0 Å². The Morgan fingerprint density at radius 2 is 1.38 bits per heavy atom. The molecule has 0 aliphatic heterocycles. The van der Waals surface area contributed by atoms with E-state index in [9.17, 15) is 9.59 Å². The first-order valence-corrected chi connectivity index (χ1v) is 1.82. The SMILES string of the molecule is CC(=O)OC(C)=O.[N]. The molecule has 0 aromatic carbocycles. The summed E-state index contributed by atoms with van der Waals surface area (Å²) >= 11 is 0. The first-order chi connectivity index (χ1) is 3.13. The maximum atomic E-state index is 9.81. The fraction of sp³-hybridized carbons (Fsp3) is 0.500. The number of nitrogens with zero attached hydrogens (tertiary/aromatic N) is 1. The zero-order valence-electron chi connectivity index (χ0n) is 4.67. The van der Waals surface area contributed by atoms with Crippen molar-refractivity contribution in [2.75, 3.05) is 0 Å². The summed E-state index contributed by atoms with van der Waals surface area (Å²) in [4.78, 5) is 19.6. The van der Waals surface area contributed by atoms with E-state index in [1.807, 2.05) is 0 Å². The third-order valence-electron chi connectivity index (χ3n) is 0.287. The molecule has 0 spiro atoms. The van der Waals surface area contributed by atoms with E-state index in [-0.39, 0.29) is 6.15 Å². The van der Waals surface area contributed by atoms with Gasteiger partial charge in [0.25, 0.3) is 0 Å². The van der Waals surface area contributed by atoms with E-state index in [0.29, 0.717) is 0 Å². The van der Waals surface area contributed by atoms with E-state index in [1.165, 1.54) is 13.8 Å². The average Bonchev–Trinajstić information content (AvgIpc) is 1.27. The molecule has 0 amide bonds. The van der Waals surface area contributed by atoms with Gasteiger partial charge in [0.2, 0.25) is 0 Å². The Morgan fingerprint density at radius 1 is 1.12 bits per heavy atom. The Kier molecular flexibility index (Phi) is 5.41. The van der Waals surface area contributed by atoms with E-state index in [1.54, 1.807) is 0 Å². The molecule has 0 aliphatic carbocycles. The lowest BCUT2D eigenvalue weighted by Gasteiger charge is -1.87. The van der Waals surface area contributed by atoms with Gasteiger partial charge in [-0.25, -0.2) is 0 Å². The molecule has 8 heavy (non-hydrogen) atoms. The average molecular weight is 116 g/mol. The Bertz CT molecular complexity index is 87.5. The van der Waals surface area contributed by atoms with E-state index >= 15 is 0 Å². The van der Waals surface area contributed by atoms with E-state index in [2.05, 4.69) is 4.74 Å². The predicted octanol–water partition coefficient (Wildman–Crippen LogP) is -0.385. The zero-order chi connectivity index (χ0) is 5.86. The van der Waals surface area contributed by atoms with Gasteiger partial charge in [-0.05, 0) is 0 Å². The molecule has 0 bridgehead atoms. The third kappa shape index (κ3) is 8.92. The van der Waals surface area contributed by atoms with E-state index < -0.39 is 11.9 Å². The fourth-order valence-electron chi connectivity index (χ4n) is 0.202. The van der Waals surface area contributed by atoms with Gasteiger partial charge in [-0.1, -0.05) is 0 Å². The number of carbonyl (C=O) groups is 2. The molecule has 0 rings (SSSR count). The summed E-state index contributed by atoms with van der Waals surface area (Å²) in [5.74, 6) is -1.12. The minimum absolute atomic E-state index is 0. The summed E-state index contributed by atoms with van der Waals surface area (Å²) in [5.41, 5.74) is 0. The Labute approximate surface area is 47.4 Å². The molecule has 0 atom stereocenters. The van der Waals surface area contributed by atoms with Crippen molar-refractivity contribution in [3.05, 3.63) is 0 Å². The number of rotatable bonds is 0. The lowest BCUT2D eigenvalue weighted by atomic mass is 10.7. The number of hydrogen-bond acceptors (Lipinski definition) is 3. The Morgan fingerprint density at radius 3 is 1.38 bits per heavy atom. The zero-order valence-corrected chi connectivity index (χ0v) is 4.67. The fourth-order valence-corrected chi connectivity index (χ4v) is 0.202. The standard InChI is InChI=1S/C4H6O3.N/c1-3(5)7-4(2)6;/h1-2H3;. The normalized spacial score (nSPS) is 6.75. The number of carbonyl (C=O) groups excluding carboxylic acids is 2. The van der Waals surface area contributed by atoms with Gasteiger partial charge in [-0.15, -0.1) is 0 Å². The molecule has 0 saturated carbocycles. The van der Waals surface area contributed by atoms with Gasteiger partial charge in [0.1, 0.15) is 0 Å². The van der Waals surface area contributed by atoms with Crippen LogP contribution in [0.2, 0.25) is 0 Å². The molecular formula is C4H6NO3. The highest BCUT2D eigenvalue weighted by Gasteiger charge is 1.93. The lowest BCUT2D eigenvalue weighted by Crippen LogP contribution is -2.03. The summed E-state index contributed by atoms with van der Waals surface area (Å²) in [6.07, 6.45) is 0. The second-order valence-corrected chi connectivity index (χ2v) is 1.09. The lowest BCUT2D eigenvalue weighted by molar-refractivity contribution is -0.156. The highest BCUT2D eigenvalue weighted by Crippen LogP contribution is 1.73. The molecule has 3 radical (unpaired) electrons. The number of esters is 2. The first-order valence-electron chi connectivity index (χ1n) is 1.82. The second kappa shape index (κ2) is 4.26. The number of hydrogen-bond donors (Lipinski definition) is 0. The molecule has 0 N–H and O–H groups in total. The van der Waals surface area contributed by atoms with Crippen molar-refractivity contribution in [2.45, 2.75) is 13.8 Å². The summed E-state index contributed by atoms with van der Waals surface area (Å²) < 4.78 is 3.97. The quantitative estimate of drug-likeness (QED) is 0.319. The summed E-state index contributed by atoms with van der Waals surface area (Å²) in [5, 5.41) is 0. The highest BCUT2D eigenvalue weighted by atomic mass is 16.6. The van der Waals surface area contributed by atoms with Crippen LogP contribution < -0.4 is 6.15 Å². The van der Waals surface area contributed by atoms with Crippen LogP contribution in [0.15, 0.2) is 0 Å². The Hall–Kier alpha value is -0.900. The van der Waals surface area contributed by atoms with Crippen molar-refractivity contribution < 1.29 is 14.3 Å². The number of ether oxygens (including phenoxy) is 1. The van der Waals surface area contributed by atoms with Crippen LogP contribution in [0.4, 0.5) is 0 Å². The predicted molar refractivity (Wildman–Crippen MR) is 24.6 cm³/mol. The monoisotopic (exact) mass is 116 g/mol. The highest BCUT2D eigenvalue weighted by molar-refractivity contribution is 5.82. The van der Waals surface area contributed by atoms with Crippen LogP contribution in [-0.2, 0) is 14.3 Å². The maximum Gasteiger partial charge on any atom is 0.310 e. The third-order valence-corrected chi connectivity index (χ3v) is 0.287. The van der Waals surface area contributed by atoms with E-state index in [0.717, 1.165) is 0 Å². The molecule has 0 heterocycles. The van der Waals surface area contributed by atoms with E-state index in [4.69, 9.17) is 0 Å². The van der Waals surface area contributed by atoms with Crippen molar-refractivity contribution in [3.8, 4) is 0 Å². The van der Waals surface area contributed by atoms with Crippen LogP contribution in [0.3, 0.4) is 0 Å². The molecule has 0 saturated heterocycles. The maximum absolute atomic E-state index is 9.81. The van der Waals surface area contributed by atoms with Gasteiger partial charge in [0.05, 0.1) is 0 Å². The molecule has 0 unspecified atom stereocenters. The van der Waals surface area contributed by atoms with Crippen LogP contribution >= 0.6 is 0 Å². The van der Waals surface area contributed by atoms with Gasteiger partial charge >= 0.3 is 11.9 Å². The largest absolute Gasteiger partial charge is 0.394 e. The van der Waals surface area contributed by atoms with Crippen LogP contribution in [0.1, 0.15) is 13.8 Å². The first kappa shape index (κ1) is 10.2. The molecule has 0 aliphatic rings. The minimum atomic E-state index is -0.562. The van der Waals surface area contributed by atoms with Gasteiger partial charge in [0, 0.05) is 20.0 Å². The van der Waals surface area contributed by atoms with Crippen molar-refractivity contribution >= 4 is 11.9 Å². The summed E-state index contributed by atoms with van der Waals surface area (Å²) in [6, 6.07) is 0. The van der Waals surface area contributed by atoms with Gasteiger partial charge in [-0.2, -0.15) is 0 Å². The molecule has 0 fully saturated rings. The topological polar surface area (TPSA) is 73.9 Å². The van der Waals surface area contributed by atoms with Crippen molar-refractivity contribution in [1.82, 2.24) is 6.15 Å². The Balaban J connectivity index is 0. The molecule has 0 aromatic rings. The molecule has 45 valence electrons. The molecule has 4 nitrogen and oxygen atoms in total. The second-order valence-electron chi connectivity index (χ2n) is 1.09. The minimum Gasteiger partial charge on any atom is -0.394 e. The van der Waals surface area contributed by atoms with Crippen molar-refractivity contribution in [1.29, 1.82) is 0 Å². The summed E-state index contributed by atoms with van der Waals surface area (Å²) in [6.45, 7) is 2.36. The molecular weight excluding hydrogens is 110 g/mol. The van der Waals surface area contributed by atoms with Crippen molar-refractivity contribution in [3.63, 3.8) is 0 Å². The van der Waals surface area contributed by atoms with Crippen molar-refractivity contribution in [2.24, 2.45) is 0 Å².